The van der Waals surface area contributed by atoms with E-state index in [-0.39, 0.29) is 10.8 Å². The van der Waals surface area contributed by atoms with Crippen molar-refractivity contribution in [2.45, 2.75) is 30.8 Å². The molecule has 0 amide bonds. The van der Waals surface area contributed by atoms with Crippen LogP contribution in [0.3, 0.4) is 0 Å². The molecular weight excluding hydrogens is 364 g/mol. The number of hydrogen-bond acceptors (Lipinski definition) is 7. The molecule has 8 nitrogen and oxygen atoms in total. The van der Waals surface area contributed by atoms with E-state index in [2.05, 4.69) is 36.6 Å². The van der Waals surface area contributed by atoms with Crippen LogP contribution in [0.15, 0.2) is 34.2 Å². The first-order valence-corrected chi connectivity index (χ1v) is 9.97. The molecule has 1 saturated heterocycles. The number of anilines is 1. The number of ether oxygens (including phenoxy) is 1. The van der Waals surface area contributed by atoms with Gasteiger partial charge in [-0.3, -0.25) is 9.36 Å². The van der Waals surface area contributed by atoms with Gasteiger partial charge in [0.15, 0.2) is 5.16 Å². The maximum atomic E-state index is 12.3. The molecular formula is C18H22N6O2S. The molecule has 1 fully saturated rings. The predicted octanol–water partition coefficient (Wildman–Crippen LogP) is 2.22. The molecule has 27 heavy (non-hydrogen) atoms. The number of H-pyrrole nitrogens is 1. The fourth-order valence-electron chi connectivity index (χ4n) is 3.15. The zero-order chi connectivity index (χ0) is 18.8. The fourth-order valence-corrected chi connectivity index (χ4v) is 4.12. The van der Waals surface area contributed by atoms with Gasteiger partial charge in [0.05, 0.1) is 29.4 Å². The molecule has 1 aliphatic heterocycles. The van der Waals surface area contributed by atoms with Gasteiger partial charge in [-0.2, -0.15) is 0 Å². The molecule has 0 radical (unpaired) electrons. The number of morpholine rings is 1. The third-order valence-corrected chi connectivity index (χ3v) is 5.70. The maximum Gasteiger partial charge on any atom is 0.258 e. The highest BCUT2D eigenvalue weighted by molar-refractivity contribution is 7.99. The summed E-state index contributed by atoms with van der Waals surface area (Å²) in [5.74, 6) is 1.51. The Kier molecular flexibility index (Phi) is 5.13. The van der Waals surface area contributed by atoms with Gasteiger partial charge in [-0.25, -0.2) is 4.98 Å². The van der Waals surface area contributed by atoms with E-state index in [1.54, 1.807) is 17.8 Å². The van der Waals surface area contributed by atoms with Crippen molar-refractivity contribution in [2.24, 2.45) is 0 Å². The van der Waals surface area contributed by atoms with Crippen LogP contribution in [0.4, 0.5) is 5.95 Å². The van der Waals surface area contributed by atoms with E-state index in [9.17, 15) is 4.79 Å². The van der Waals surface area contributed by atoms with Crippen LogP contribution in [0.1, 0.15) is 24.9 Å². The molecule has 3 heterocycles. The molecule has 1 aromatic carbocycles. The van der Waals surface area contributed by atoms with Crippen LogP contribution in [-0.4, -0.2) is 51.0 Å². The Morgan fingerprint density at radius 3 is 2.81 bits per heavy atom. The highest BCUT2D eigenvalue weighted by Gasteiger charge is 2.22. The van der Waals surface area contributed by atoms with E-state index in [0.717, 1.165) is 30.7 Å². The summed E-state index contributed by atoms with van der Waals surface area (Å²) in [6, 6.07) is 7.37. The largest absolute Gasteiger partial charge is 0.378 e. The molecule has 1 aliphatic rings. The molecule has 4 rings (SSSR count). The number of nitrogens with one attached hydrogen (secondary N) is 1. The number of thioether (sulfide) groups is 1. The van der Waals surface area contributed by atoms with Gasteiger partial charge in [0.2, 0.25) is 5.95 Å². The van der Waals surface area contributed by atoms with Crippen molar-refractivity contribution in [3.8, 4) is 0 Å². The molecule has 3 aromatic rings. The van der Waals surface area contributed by atoms with Gasteiger partial charge in [-0.1, -0.05) is 23.9 Å². The highest BCUT2D eigenvalue weighted by Crippen LogP contribution is 2.33. The Hall–Kier alpha value is -2.39. The van der Waals surface area contributed by atoms with Crippen molar-refractivity contribution in [3.63, 3.8) is 0 Å². The molecule has 0 spiro atoms. The number of rotatable bonds is 5. The lowest BCUT2D eigenvalue weighted by Gasteiger charge is -2.27. The molecule has 1 atom stereocenters. The Morgan fingerprint density at radius 2 is 2.04 bits per heavy atom. The van der Waals surface area contributed by atoms with E-state index in [0.29, 0.717) is 29.9 Å². The second kappa shape index (κ2) is 7.69. The second-order valence-electron chi connectivity index (χ2n) is 6.35. The third-order valence-electron chi connectivity index (χ3n) is 4.61. The maximum absolute atomic E-state index is 12.3. The number of aromatic nitrogens is 5. The summed E-state index contributed by atoms with van der Waals surface area (Å²) in [4.78, 5) is 22.1. The van der Waals surface area contributed by atoms with Gasteiger partial charge in [-0.15, -0.1) is 10.2 Å². The monoisotopic (exact) mass is 386 g/mol. The minimum atomic E-state index is -0.117. The van der Waals surface area contributed by atoms with E-state index < -0.39 is 0 Å². The Labute approximate surface area is 161 Å². The van der Waals surface area contributed by atoms with E-state index in [4.69, 9.17) is 4.74 Å². The van der Waals surface area contributed by atoms with Crippen LogP contribution in [0.2, 0.25) is 0 Å². The Bertz CT molecular complexity index is 995. The van der Waals surface area contributed by atoms with Gasteiger partial charge < -0.3 is 14.6 Å². The predicted molar refractivity (Wildman–Crippen MR) is 105 cm³/mol. The van der Waals surface area contributed by atoms with E-state index >= 15 is 0 Å². The van der Waals surface area contributed by atoms with Crippen LogP contribution in [0, 0.1) is 0 Å². The minimum absolute atomic E-state index is 0.0608. The molecule has 2 aromatic heterocycles. The van der Waals surface area contributed by atoms with E-state index in [1.807, 2.05) is 25.1 Å². The van der Waals surface area contributed by atoms with Crippen LogP contribution >= 0.6 is 11.8 Å². The first-order valence-electron chi connectivity index (χ1n) is 9.09. The molecule has 9 heteroatoms. The van der Waals surface area contributed by atoms with Crippen LogP contribution < -0.4 is 10.5 Å². The van der Waals surface area contributed by atoms with E-state index in [1.165, 1.54) is 0 Å². The molecule has 1 N–H and O–H groups in total. The lowest BCUT2D eigenvalue weighted by atomic mass is 10.2. The zero-order valence-corrected chi connectivity index (χ0v) is 16.2. The van der Waals surface area contributed by atoms with Crippen LogP contribution in [0.5, 0.6) is 0 Å². The topological polar surface area (TPSA) is 88.9 Å². The fraction of sp³-hybridized carbons (Fsp3) is 0.444. The first kappa shape index (κ1) is 18.0. The van der Waals surface area contributed by atoms with Crippen molar-refractivity contribution < 1.29 is 4.74 Å². The SMILES string of the molecule is CCn1c(SC(C)c2nc3ccccc3c(=O)[nH]2)nnc1N1CCOCC1. The summed E-state index contributed by atoms with van der Waals surface area (Å²) in [5, 5.41) is 10.1. The van der Waals surface area contributed by atoms with Crippen molar-refractivity contribution in [3.05, 3.63) is 40.4 Å². The average Bonchev–Trinajstić information content (AvgIpc) is 3.11. The highest BCUT2D eigenvalue weighted by atomic mass is 32.2. The van der Waals surface area contributed by atoms with Gasteiger partial charge in [0, 0.05) is 19.6 Å². The summed E-state index contributed by atoms with van der Waals surface area (Å²) < 4.78 is 7.53. The summed E-state index contributed by atoms with van der Waals surface area (Å²) in [7, 11) is 0. The van der Waals surface area contributed by atoms with Crippen molar-refractivity contribution in [2.75, 3.05) is 31.2 Å². The second-order valence-corrected chi connectivity index (χ2v) is 7.66. The van der Waals surface area contributed by atoms with Crippen LogP contribution in [0.25, 0.3) is 10.9 Å². The lowest BCUT2D eigenvalue weighted by Crippen LogP contribution is -2.38. The van der Waals surface area contributed by atoms with Gasteiger partial charge in [-0.05, 0) is 26.0 Å². The number of hydrogen-bond donors (Lipinski definition) is 1. The van der Waals surface area contributed by atoms with Gasteiger partial charge >= 0.3 is 0 Å². The summed E-state index contributed by atoms with van der Waals surface area (Å²) in [6.07, 6.45) is 0. The molecule has 0 saturated carbocycles. The smallest absolute Gasteiger partial charge is 0.258 e. The number of fused-ring (bicyclic) bond motifs is 1. The lowest BCUT2D eigenvalue weighted by molar-refractivity contribution is 0.121. The van der Waals surface area contributed by atoms with Crippen LogP contribution in [-0.2, 0) is 11.3 Å². The Balaban J connectivity index is 1.60. The molecule has 1 unspecified atom stereocenters. The first-order chi connectivity index (χ1) is 13.2. The van der Waals surface area contributed by atoms with Crippen molar-refractivity contribution in [1.82, 2.24) is 24.7 Å². The number of benzene rings is 1. The minimum Gasteiger partial charge on any atom is -0.378 e. The Morgan fingerprint density at radius 1 is 1.26 bits per heavy atom. The van der Waals surface area contributed by atoms with Gasteiger partial charge in [0.25, 0.3) is 5.56 Å². The van der Waals surface area contributed by atoms with Crippen molar-refractivity contribution >= 4 is 28.6 Å². The number of nitrogens with zero attached hydrogens (tertiary/aromatic N) is 5. The molecule has 0 bridgehead atoms. The molecule has 142 valence electrons. The normalized spacial score (nSPS) is 16.0. The number of para-hydroxylation sites is 1. The van der Waals surface area contributed by atoms with Gasteiger partial charge in [0.1, 0.15) is 5.82 Å². The standard InChI is InChI=1S/C18H22N6O2S/c1-3-24-17(23-8-10-26-11-9-23)21-22-18(24)27-12(2)15-19-14-7-5-4-6-13(14)16(25)20-15/h4-7,12H,3,8-11H2,1-2H3,(H,19,20,25). The third kappa shape index (κ3) is 3.57. The summed E-state index contributed by atoms with van der Waals surface area (Å²) in [5.41, 5.74) is 0.587. The quantitative estimate of drug-likeness (QED) is 0.673. The van der Waals surface area contributed by atoms with Crippen molar-refractivity contribution in [1.29, 1.82) is 0 Å². The zero-order valence-electron chi connectivity index (χ0n) is 15.4. The average molecular weight is 386 g/mol. The summed E-state index contributed by atoms with van der Waals surface area (Å²) >= 11 is 1.55. The number of aromatic amines is 1. The molecule has 0 aliphatic carbocycles. The summed E-state index contributed by atoms with van der Waals surface area (Å²) in [6.45, 7) is 7.92.